The first kappa shape index (κ1) is 13.5. The number of halogens is 1. The topological polar surface area (TPSA) is 77.3 Å². The van der Waals surface area contributed by atoms with Crippen LogP contribution in [0.25, 0.3) is 0 Å². The molecule has 0 spiro atoms. The molecular weight excluding hydrogens is 266 g/mol. The number of rotatable bonds is 2. The van der Waals surface area contributed by atoms with E-state index in [1.807, 2.05) is 6.92 Å². The fourth-order valence-electron chi connectivity index (χ4n) is 1.09. The van der Waals surface area contributed by atoms with Gasteiger partial charge in [-0.1, -0.05) is 18.8 Å². The van der Waals surface area contributed by atoms with Gasteiger partial charge >= 0.3 is 0 Å². The Balaban J connectivity index is 3.44. The van der Waals surface area contributed by atoms with E-state index in [4.69, 9.17) is 10.7 Å². The largest absolute Gasteiger partial charge is 0.272 e. The first-order valence-electron chi connectivity index (χ1n) is 4.57. The number of nitrogens with zero attached hydrogens (tertiary/aromatic N) is 1. The first-order chi connectivity index (χ1) is 7.84. The number of nitro groups is 1. The molecule has 90 valence electrons. The highest BCUT2D eigenvalue weighted by Crippen LogP contribution is 2.23. The van der Waals surface area contributed by atoms with Gasteiger partial charge in [-0.05, 0) is 6.07 Å². The van der Waals surface area contributed by atoms with E-state index in [2.05, 4.69) is 11.8 Å². The fourth-order valence-corrected chi connectivity index (χ4v) is 1.89. The minimum absolute atomic E-state index is 0.250. The third-order valence-electron chi connectivity index (χ3n) is 1.79. The fraction of sp³-hybridized carbons (Fsp3) is 0.200. The average molecular weight is 274 g/mol. The third-order valence-corrected chi connectivity index (χ3v) is 3.13. The molecule has 1 rings (SSSR count). The zero-order valence-electron chi connectivity index (χ0n) is 8.81. The van der Waals surface area contributed by atoms with Crippen molar-refractivity contribution in [3.8, 4) is 11.8 Å². The van der Waals surface area contributed by atoms with E-state index < -0.39 is 14.0 Å². The van der Waals surface area contributed by atoms with E-state index in [0.29, 0.717) is 6.42 Å². The van der Waals surface area contributed by atoms with Gasteiger partial charge in [0.05, 0.1) is 9.82 Å². The van der Waals surface area contributed by atoms with Crippen molar-refractivity contribution in [2.45, 2.75) is 18.2 Å². The van der Waals surface area contributed by atoms with Gasteiger partial charge in [0.1, 0.15) is 0 Å². The van der Waals surface area contributed by atoms with Crippen LogP contribution in [-0.2, 0) is 9.05 Å². The standard InChI is InChI=1S/C10H8ClNO4S/c1-2-3-4-8-5-9(12(13)14)7-10(6-8)17(11,15)16/h5-7H,2H2,1H3. The van der Waals surface area contributed by atoms with Crippen LogP contribution in [0.2, 0.25) is 0 Å². The summed E-state index contributed by atoms with van der Waals surface area (Å²) in [6.07, 6.45) is 0.561. The third kappa shape index (κ3) is 3.73. The second-order valence-electron chi connectivity index (χ2n) is 3.07. The van der Waals surface area contributed by atoms with Gasteiger partial charge in [0.2, 0.25) is 0 Å². The van der Waals surface area contributed by atoms with Gasteiger partial charge in [-0.25, -0.2) is 8.42 Å². The first-order valence-corrected chi connectivity index (χ1v) is 6.88. The molecule has 0 radical (unpaired) electrons. The summed E-state index contributed by atoms with van der Waals surface area (Å²) in [7, 11) is 1.14. The predicted molar refractivity (Wildman–Crippen MR) is 63.3 cm³/mol. The Labute approximate surface area is 103 Å². The Morgan fingerprint density at radius 2 is 2.06 bits per heavy atom. The molecule has 0 heterocycles. The summed E-state index contributed by atoms with van der Waals surface area (Å²) in [5.41, 5.74) is -0.104. The van der Waals surface area contributed by atoms with E-state index >= 15 is 0 Å². The van der Waals surface area contributed by atoms with Crippen LogP contribution in [0.15, 0.2) is 23.1 Å². The van der Waals surface area contributed by atoms with Gasteiger partial charge in [-0.15, -0.1) is 0 Å². The Morgan fingerprint density at radius 1 is 1.41 bits per heavy atom. The van der Waals surface area contributed by atoms with Gasteiger partial charge in [0.25, 0.3) is 14.7 Å². The minimum atomic E-state index is -4.01. The Kier molecular flexibility index (Phi) is 4.10. The van der Waals surface area contributed by atoms with Crippen molar-refractivity contribution in [2.75, 3.05) is 0 Å². The Morgan fingerprint density at radius 3 is 2.53 bits per heavy atom. The summed E-state index contributed by atoms with van der Waals surface area (Å²) in [6, 6.07) is 3.31. The summed E-state index contributed by atoms with van der Waals surface area (Å²) < 4.78 is 22.3. The SMILES string of the molecule is CCC#Cc1cc([N+](=O)[O-])cc(S(=O)(=O)Cl)c1. The molecule has 1 aromatic rings. The van der Waals surface area contributed by atoms with Crippen LogP contribution in [0, 0.1) is 22.0 Å². The van der Waals surface area contributed by atoms with Crippen molar-refractivity contribution < 1.29 is 13.3 Å². The maximum atomic E-state index is 11.1. The summed E-state index contributed by atoms with van der Waals surface area (Å²) in [4.78, 5) is 9.61. The lowest BCUT2D eigenvalue weighted by Gasteiger charge is -1.98. The van der Waals surface area contributed by atoms with Gasteiger partial charge in [0, 0.05) is 34.8 Å². The zero-order valence-corrected chi connectivity index (χ0v) is 10.4. The molecule has 0 aromatic heterocycles. The van der Waals surface area contributed by atoms with E-state index in [1.54, 1.807) is 0 Å². The molecule has 0 aliphatic heterocycles. The lowest BCUT2D eigenvalue weighted by Crippen LogP contribution is -1.95. The summed E-state index contributed by atoms with van der Waals surface area (Å²) >= 11 is 0. The number of non-ortho nitro benzene ring substituents is 1. The van der Waals surface area contributed by atoms with Crippen molar-refractivity contribution in [1.29, 1.82) is 0 Å². The maximum absolute atomic E-state index is 11.1. The molecule has 0 aliphatic rings. The van der Waals surface area contributed by atoms with Gasteiger partial charge < -0.3 is 0 Å². The number of hydrogen-bond donors (Lipinski definition) is 0. The predicted octanol–water partition coefficient (Wildman–Crippen LogP) is 2.28. The van der Waals surface area contributed by atoms with Gasteiger partial charge in [-0.2, -0.15) is 0 Å². The highest BCUT2D eigenvalue weighted by molar-refractivity contribution is 8.13. The summed E-state index contributed by atoms with van der Waals surface area (Å²) in [6.45, 7) is 1.81. The number of hydrogen-bond acceptors (Lipinski definition) is 4. The molecule has 17 heavy (non-hydrogen) atoms. The second-order valence-corrected chi connectivity index (χ2v) is 5.63. The van der Waals surface area contributed by atoms with Crippen molar-refractivity contribution in [1.82, 2.24) is 0 Å². The molecule has 0 amide bonds. The van der Waals surface area contributed by atoms with Crippen LogP contribution in [-0.4, -0.2) is 13.3 Å². The number of benzene rings is 1. The minimum Gasteiger partial charge on any atom is -0.258 e. The molecule has 0 N–H and O–H groups in total. The highest BCUT2D eigenvalue weighted by atomic mass is 35.7. The summed E-state index contributed by atoms with van der Waals surface area (Å²) in [5, 5.41) is 10.6. The molecule has 0 unspecified atom stereocenters. The van der Waals surface area contributed by atoms with Crippen molar-refractivity contribution in [3.63, 3.8) is 0 Å². The normalized spacial score (nSPS) is 10.5. The van der Waals surface area contributed by atoms with Crippen LogP contribution in [0.4, 0.5) is 5.69 Å². The van der Waals surface area contributed by atoms with Gasteiger partial charge in [-0.3, -0.25) is 10.1 Å². The van der Waals surface area contributed by atoms with Crippen molar-refractivity contribution >= 4 is 25.4 Å². The van der Waals surface area contributed by atoms with Crippen LogP contribution >= 0.6 is 10.7 Å². The number of nitro benzene ring substituents is 1. The Bertz CT molecular complexity index is 613. The smallest absolute Gasteiger partial charge is 0.258 e. The van der Waals surface area contributed by atoms with E-state index in [-0.39, 0.29) is 16.1 Å². The monoisotopic (exact) mass is 273 g/mol. The molecule has 0 saturated carbocycles. The molecule has 0 saturated heterocycles. The van der Waals surface area contributed by atoms with E-state index in [1.165, 1.54) is 12.1 Å². The van der Waals surface area contributed by atoms with Crippen molar-refractivity contribution in [2.24, 2.45) is 0 Å². The average Bonchev–Trinajstić information content (AvgIpc) is 2.24. The van der Waals surface area contributed by atoms with Crippen LogP contribution in [0.3, 0.4) is 0 Å². The lowest BCUT2D eigenvalue weighted by molar-refractivity contribution is -0.385. The molecule has 0 fully saturated rings. The lowest BCUT2D eigenvalue weighted by atomic mass is 10.2. The van der Waals surface area contributed by atoms with E-state index in [9.17, 15) is 18.5 Å². The van der Waals surface area contributed by atoms with Crippen LogP contribution in [0.1, 0.15) is 18.9 Å². The molecule has 0 bridgehead atoms. The molecule has 1 aromatic carbocycles. The highest BCUT2D eigenvalue weighted by Gasteiger charge is 2.16. The molecule has 0 aliphatic carbocycles. The molecule has 7 heteroatoms. The quantitative estimate of drug-likeness (QED) is 0.358. The summed E-state index contributed by atoms with van der Waals surface area (Å²) in [5.74, 6) is 5.32. The molecule has 5 nitrogen and oxygen atoms in total. The Hall–Kier alpha value is -1.58. The van der Waals surface area contributed by atoms with Crippen LogP contribution < -0.4 is 0 Å². The van der Waals surface area contributed by atoms with Gasteiger partial charge in [0.15, 0.2) is 0 Å². The van der Waals surface area contributed by atoms with Crippen LogP contribution in [0.5, 0.6) is 0 Å². The van der Waals surface area contributed by atoms with Crippen molar-refractivity contribution in [3.05, 3.63) is 33.9 Å². The zero-order chi connectivity index (χ0) is 13.1. The molecular formula is C10H8ClNO4S. The second kappa shape index (κ2) is 5.17. The van der Waals surface area contributed by atoms with E-state index in [0.717, 1.165) is 6.07 Å². The maximum Gasteiger partial charge on any atom is 0.272 e. The molecule has 0 atom stereocenters.